The Morgan fingerprint density at radius 1 is 1.03 bits per heavy atom. The number of piperazine rings is 1. The summed E-state index contributed by atoms with van der Waals surface area (Å²) in [6, 6.07) is 9.31. The molecular formula is C20H18ClF4N5O. The fourth-order valence-corrected chi connectivity index (χ4v) is 3.77. The number of aromatic nitrogens is 3. The van der Waals surface area contributed by atoms with Crippen LogP contribution in [0.2, 0.25) is 5.02 Å². The zero-order valence-corrected chi connectivity index (χ0v) is 16.9. The summed E-state index contributed by atoms with van der Waals surface area (Å²) in [4.78, 5) is 20.2. The molecule has 0 radical (unpaired) electrons. The van der Waals surface area contributed by atoms with Crippen LogP contribution in [-0.2, 0) is 6.54 Å². The maximum absolute atomic E-state index is 13.3. The fourth-order valence-electron chi connectivity index (χ4n) is 3.55. The van der Waals surface area contributed by atoms with E-state index in [1.54, 1.807) is 11.0 Å². The predicted molar refractivity (Wildman–Crippen MR) is 106 cm³/mol. The second kappa shape index (κ2) is 8.80. The largest absolute Gasteiger partial charge is 0.335 e. The average Bonchev–Trinajstić information content (AvgIpc) is 3.17. The van der Waals surface area contributed by atoms with E-state index >= 15 is 0 Å². The first-order valence-electron chi connectivity index (χ1n) is 9.55. The fraction of sp³-hybridized carbons (Fsp3) is 0.350. The Hall–Kier alpha value is -2.72. The number of rotatable bonds is 5. The molecule has 0 spiro atoms. The summed E-state index contributed by atoms with van der Waals surface area (Å²) in [5, 5.41) is 4.57. The van der Waals surface area contributed by atoms with Crippen molar-refractivity contribution < 1.29 is 22.4 Å². The number of fused-ring (bicyclic) bond motifs is 1. The van der Waals surface area contributed by atoms with Gasteiger partial charge in [0.1, 0.15) is 11.4 Å². The lowest BCUT2D eigenvalue weighted by Gasteiger charge is -2.34. The van der Waals surface area contributed by atoms with Gasteiger partial charge < -0.3 is 4.90 Å². The number of nitrogens with zero attached hydrogens (tertiary/aromatic N) is 5. The Kier molecular flexibility index (Phi) is 6.10. The average molecular weight is 456 g/mol. The van der Waals surface area contributed by atoms with Gasteiger partial charge in [-0.05, 0) is 23.8 Å². The monoisotopic (exact) mass is 455 g/mol. The Morgan fingerprint density at radius 3 is 2.42 bits per heavy atom. The number of carbonyl (C=O) groups is 1. The van der Waals surface area contributed by atoms with Gasteiger partial charge in [0.25, 0.3) is 18.8 Å². The molecule has 6 nitrogen and oxygen atoms in total. The van der Waals surface area contributed by atoms with Crippen LogP contribution in [0.25, 0.3) is 5.65 Å². The molecule has 1 saturated heterocycles. The molecule has 0 atom stereocenters. The van der Waals surface area contributed by atoms with Gasteiger partial charge in [0, 0.05) is 43.8 Å². The van der Waals surface area contributed by atoms with Gasteiger partial charge in [-0.15, -0.1) is 0 Å². The number of amides is 1. The van der Waals surface area contributed by atoms with Crippen molar-refractivity contribution in [3.8, 4) is 0 Å². The number of benzene rings is 1. The molecule has 0 unspecified atom stereocenters. The van der Waals surface area contributed by atoms with Crippen LogP contribution >= 0.6 is 11.6 Å². The van der Waals surface area contributed by atoms with E-state index in [0.717, 1.165) is 10.1 Å². The molecule has 3 heterocycles. The molecular weight excluding hydrogens is 438 g/mol. The maximum Gasteiger partial charge on any atom is 0.280 e. The van der Waals surface area contributed by atoms with Crippen molar-refractivity contribution in [2.45, 2.75) is 19.4 Å². The minimum atomic E-state index is -3.04. The molecule has 1 aliphatic rings. The summed E-state index contributed by atoms with van der Waals surface area (Å²) in [7, 11) is 0. The molecule has 31 heavy (non-hydrogen) atoms. The molecule has 0 aliphatic carbocycles. The van der Waals surface area contributed by atoms with Crippen LogP contribution in [0, 0.1) is 0 Å². The predicted octanol–water partition coefficient (Wildman–Crippen LogP) is 4.22. The van der Waals surface area contributed by atoms with Crippen molar-refractivity contribution in [2.24, 2.45) is 0 Å². The minimum absolute atomic E-state index is 0.107. The highest BCUT2D eigenvalue weighted by Crippen LogP contribution is 2.26. The Morgan fingerprint density at radius 2 is 1.77 bits per heavy atom. The number of hydrogen-bond donors (Lipinski definition) is 0. The quantitative estimate of drug-likeness (QED) is 0.541. The van der Waals surface area contributed by atoms with Crippen molar-refractivity contribution in [3.63, 3.8) is 0 Å². The molecule has 3 aromatic rings. The number of carbonyl (C=O) groups excluding carboxylic acids is 1. The van der Waals surface area contributed by atoms with Crippen molar-refractivity contribution in [1.82, 2.24) is 24.4 Å². The van der Waals surface area contributed by atoms with Crippen LogP contribution in [0.3, 0.4) is 0 Å². The topological polar surface area (TPSA) is 53.7 Å². The third kappa shape index (κ3) is 4.64. The Bertz CT molecular complexity index is 1100. The Labute approximate surface area is 180 Å². The summed E-state index contributed by atoms with van der Waals surface area (Å²) >= 11 is 6.01. The molecule has 11 heteroatoms. The summed E-state index contributed by atoms with van der Waals surface area (Å²) in [5.74, 6) is -0.452. The first kappa shape index (κ1) is 21.5. The van der Waals surface area contributed by atoms with Crippen molar-refractivity contribution in [2.75, 3.05) is 26.2 Å². The molecule has 2 aromatic heterocycles. The van der Waals surface area contributed by atoms with E-state index in [1.165, 1.54) is 6.07 Å². The van der Waals surface area contributed by atoms with E-state index in [-0.39, 0.29) is 11.3 Å². The molecule has 0 saturated carbocycles. The van der Waals surface area contributed by atoms with Gasteiger partial charge in [0.05, 0.1) is 0 Å². The van der Waals surface area contributed by atoms with Gasteiger partial charge in [0.2, 0.25) is 0 Å². The van der Waals surface area contributed by atoms with Gasteiger partial charge in [0.15, 0.2) is 11.3 Å². The van der Waals surface area contributed by atoms with E-state index in [0.29, 0.717) is 43.8 Å². The zero-order valence-electron chi connectivity index (χ0n) is 16.2. The third-order valence-electron chi connectivity index (χ3n) is 5.10. The first-order chi connectivity index (χ1) is 14.8. The first-order valence-corrected chi connectivity index (χ1v) is 9.92. The highest BCUT2D eigenvalue weighted by atomic mass is 35.5. The van der Waals surface area contributed by atoms with Crippen molar-refractivity contribution >= 4 is 23.2 Å². The molecule has 1 aromatic carbocycles. The summed E-state index contributed by atoms with van der Waals surface area (Å²) < 4.78 is 53.3. The number of alkyl halides is 4. The van der Waals surface area contributed by atoms with Crippen LogP contribution < -0.4 is 0 Å². The molecule has 0 bridgehead atoms. The molecule has 1 aliphatic heterocycles. The molecule has 4 rings (SSSR count). The van der Waals surface area contributed by atoms with E-state index < -0.39 is 30.1 Å². The van der Waals surface area contributed by atoms with Gasteiger partial charge >= 0.3 is 0 Å². The number of hydrogen-bond acceptors (Lipinski definition) is 4. The number of halogens is 5. The normalized spacial score (nSPS) is 15.4. The smallest absolute Gasteiger partial charge is 0.280 e. The Balaban J connectivity index is 1.48. The lowest BCUT2D eigenvalue weighted by molar-refractivity contribution is 0.0621. The van der Waals surface area contributed by atoms with E-state index in [9.17, 15) is 22.4 Å². The molecule has 1 amide bonds. The molecule has 1 fully saturated rings. The second-order valence-corrected chi connectivity index (χ2v) is 7.64. The van der Waals surface area contributed by atoms with Crippen LogP contribution in [0.4, 0.5) is 17.6 Å². The lowest BCUT2D eigenvalue weighted by Crippen LogP contribution is -2.48. The van der Waals surface area contributed by atoms with E-state index in [4.69, 9.17) is 11.6 Å². The highest BCUT2D eigenvalue weighted by Gasteiger charge is 2.26. The maximum atomic E-state index is 13.3. The second-order valence-electron chi connectivity index (χ2n) is 7.21. The molecule has 164 valence electrons. The molecule has 0 N–H and O–H groups in total. The van der Waals surface area contributed by atoms with Gasteiger partial charge in [-0.1, -0.05) is 23.7 Å². The third-order valence-corrected chi connectivity index (χ3v) is 5.33. The van der Waals surface area contributed by atoms with Crippen molar-refractivity contribution in [1.29, 1.82) is 0 Å². The van der Waals surface area contributed by atoms with Crippen LogP contribution in [0.15, 0.2) is 36.4 Å². The van der Waals surface area contributed by atoms with E-state index in [2.05, 4.69) is 15.0 Å². The van der Waals surface area contributed by atoms with E-state index in [1.807, 2.05) is 18.2 Å². The standard InChI is InChI=1S/C20H18ClF4N5O/c21-13-3-1-2-12(8-13)11-28-4-6-29(7-5-28)20(31)15-10-17-26-14(18(22)23)9-16(19(24)25)30(17)27-15/h1-3,8-10,18-19H,4-7,11H2. The van der Waals surface area contributed by atoms with Gasteiger partial charge in [-0.25, -0.2) is 27.1 Å². The highest BCUT2D eigenvalue weighted by molar-refractivity contribution is 6.30. The van der Waals surface area contributed by atoms with Crippen LogP contribution in [0.1, 0.15) is 40.3 Å². The summed E-state index contributed by atoms with van der Waals surface area (Å²) in [5.41, 5.74) is -0.768. The van der Waals surface area contributed by atoms with Crippen LogP contribution in [-0.4, -0.2) is 56.5 Å². The van der Waals surface area contributed by atoms with Gasteiger partial charge in [-0.3, -0.25) is 9.69 Å². The SMILES string of the molecule is O=C(c1cc2nc(C(F)F)cc(C(F)F)n2n1)N1CCN(Cc2cccc(Cl)c2)CC1. The van der Waals surface area contributed by atoms with Gasteiger partial charge in [-0.2, -0.15) is 5.10 Å². The zero-order chi connectivity index (χ0) is 22.1. The lowest BCUT2D eigenvalue weighted by atomic mass is 10.2. The summed E-state index contributed by atoms with van der Waals surface area (Å²) in [6.45, 7) is 2.76. The summed E-state index contributed by atoms with van der Waals surface area (Å²) in [6.07, 6.45) is -6.05. The van der Waals surface area contributed by atoms with Crippen LogP contribution in [0.5, 0.6) is 0 Å². The minimum Gasteiger partial charge on any atom is -0.335 e. The van der Waals surface area contributed by atoms with Crippen molar-refractivity contribution in [3.05, 3.63) is 64.1 Å².